The van der Waals surface area contributed by atoms with Gasteiger partial charge in [0.25, 0.3) is 0 Å². The van der Waals surface area contributed by atoms with Crippen molar-refractivity contribution in [1.82, 2.24) is 14.5 Å². The van der Waals surface area contributed by atoms with E-state index in [2.05, 4.69) is 89.0 Å². The first-order valence-corrected chi connectivity index (χ1v) is 12.7. The largest absolute Gasteiger partial charge is 0.365 e. The van der Waals surface area contributed by atoms with Crippen molar-refractivity contribution in [3.8, 4) is 16.8 Å². The van der Waals surface area contributed by atoms with Gasteiger partial charge in [-0.05, 0) is 55.3 Å². The second-order valence-electron chi connectivity index (χ2n) is 9.48. The summed E-state index contributed by atoms with van der Waals surface area (Å²) in [5.41, 5.74) is 6.70. The molecule has 36 heavy (non-hydrogen) atoms. The number of nitrogens with zero attached hydrogens (tertiary/aromatic N) is 5. The molecule has 2 aromatic heterocycles. The number of hydrogen-bond acceptors (Lipinski definition) is 4. The van der Waals surface area contributed by atoms with Crippen LogP contribution in [0.25, 0.3) is 27.8 Å². The van der Waals surface area contributed by atoms with Gasteiger partial charge in [0.1, 0.15) is 12.1 Å². The molecule has 0 spiro atoms. The van der Waals surface area contributed by atoms with Gasteiger partial charge in [0.2, 0.25) is 0 Å². The molecule has 1 fully saturated rings. The number of aromatic nitrogens is 3. The Kier molecular flexibility index (Phi) is 5.86. The predicted molar refractivity (Wildman–Crippen MR) is 150 cm³/mol. The highest BCUT2D eigenvalue weighted by atomic mass is 35.5. The summed E-state index contributed by atoms with van der Waals surface area (Å²) in [5, 5.41) is 1.77. The van der Waals surface area contributed by atoms with Crippen LogP contribution >= 0.6 is 11.6 Å². The van der Waals surface area contributed by atoms with Gasteiger partial charge in [-0.1, -0.05) is 60.1 Å². The Morgan fingerprint density at radius 3 is 2.44 bits per heavy atom. The molecule has 0 unspecified atom stereocenters. The number of rotatable bonds is 4. The van der Waals surface area contributed by atoms with E-state index >= 15 is 0 Å². The first-order valence-electron chi connectivity index (χ1n) is 12.3. The number of aryl methyl sites for hydroxylation is 1. The molecule has 0 amide bonds. The van der Waals surface area contributed by atoms with Gasteiger partial charge in [0.15, 0.2) is 5.65 Å². The Hall–Kier alpha value is -3.83. The first-order chi connectivity index (χ1) is 17.6. The van der Waals surface area contributed by atoms with Crippen LogP contribution in [-0.2, 0) is 0 Å². The van der Waals surface area contributed by atoms with Crippen LogP contribution < -0.4 is 9.80 Å². The minimum Gasteiger partial charge on any atom is -0.365 e. The van der Waals surface area contributed by atoms with Gasteiger partial charge in [-0.2, -0.15) is 0 Å². The molecule has 3 heterocycles. The second kappa shape index (κ2) is 9.32. The van der Waals surface area contributed by atoms with Crippen LogP contribution in [0.15, 0.2) is 91.4 Å². The number of anilines is 2. The van der Waals surface area contributed by atoms with Crippen molar-refractivity contribution in [2.24, 2.45) is 0 Å². The van der Waals surface area contributed by atoms with Gasteiger partial charge in [0, 0.05) is 53.8 Å². The Labute approximate surface area is 216 Å². The maximum atomic E-state index is 6.35. The molecule has 5 aromatic rings. The quantitative estimate of drug-likeness (QED) is 0.277. The molecular formula is C30H28ClN5. The predicted octanol–water partition coefficient (Wildman–Crippen LogP) is 6.76. The van der Waals surface area contributed by atoms with Crippen LogP contribution in [0.4, 0.5) is 11.5 Å². The van der Waals surface area contributed by atoms with E-state index in [-0.39, 0.29) is 0 Å². The van der Waals surface area contributed by atoms with Gasteiger partial charge in [0.05, 0.1) is 5.39 Å². The fraction of sp³-hybridized carbons (Fsp3) is 0.200. The highest BCUT2D eigenvalue weighted by Crippen LogP contribution is 2.38. The molecule has 0 N–H and O–H groups in total. The van der Waals surface area contributed by atoms with Crippen LogP contribution in [0.3, 0.4) is 0 Å². The van der Waals surface area contributed by atoms with E-state index in [1.807, 2.05) is 24.3 Å². The van der Waals surface area contributed by atoms with Gasteiger partial charge in [-0.25, -0.2) is 9.97 Å². The number of fused-ring (bicyclic) bond motifs is 1. The zero-order valence-electron chi connectivity index (χ0n) is 20.5. The number of benzene rings is 3. The maximum absolute atomic E-state index is 6.35. The van der Waals surface area contributed by atoms with E-state index < -0.39 is 0 Å². The topological polar surface area (TPSA) is 37.2 Å². The third kappa shape index (κ3) is 4.10. The second-order valence-corrected chi connectivity index (χ2v) is 9.92. The van der Waals surface area contributed by atoms with Gasteiger partial charge < -0.3 is 14.4 Å². The molecule has 3 aromatic carbocycles. The van der Waals surface area contributed by atoms with E-state index in [1.165, 1.54) is 11.3 Å². The molecular weight excluding hydrogens is 466 g/mol. The van der Waals surface area contributed by atoms with E-state index in [1.54, 1.807) is 6.33 Å². The molecule has 0 aliphatic carbocycles. The van der Waals surface area contributed by atoms with Crippen molar-refractivity contribution in [2.45, 2.75) is 19.9 Å². The van der Waals surface area contributed by atoms with E-state index in [0.717, 1.165) is 53.3 Å². The van der Waals surface area contributed by atoms with Gasteiger partial charge in [-0.3, -0.25) is 0 Å². The number of halogens is 1. The molecule has 1 atom stereocenters. The van der Waals surface area contributed by atoms with Crippen molar-refractivity contribution in [3.05, 3.63) is 102 Å². The molecule has 1 aliphatic rings. The lowest BCUT2D eigenvalue weighted by atomic mass is 10.1. The fourth-order valence-corrected chi connectivity index (χ4v) is 5.47. The Morgan fingerprint density at radius 2 is 1.67 bits per heavy atom. The van der Waals surface area contributed by atoms with Gasteiger partial charge in [-0.15, -0.1) is 0 Å². The van der Waals surface area contributed by atoms with Crippen LogP contribution in [0.1, 0.15) is 12.5 Å². The van der Waals surface area contributed by atoms with Crippen molar-refractivity contribution in [1.29, 1.82) is 0 Å². The number of hydrogen-bond donors (Lipinski definition) is 0. The highest BCUT2D eigenvalue weighted by Gasteiger charge is 2.28. The van der Waals surface area contributed by atoms with Crippen LogP contribution in [0.2, 0.25) is 5.02 Å². The smallest absolute Gasteiger partial charge is 0.150 e. The van der Waals surface area contributed by atoms with Crippen molar-refractivity contribution in [2.75, 3.05) is 29.4 Å². The molecule has 1 saturated heterocycles. The van der Waals surface area contributed by atoms with E-state index in [4.69, 9.17) is 21.6 Å². The summed E-state index contributed by atoms with van der Waals surface area (Å²) in [6.45, 7) is 7.16. The van der Waals surface area contributed by atoms with Crippen LogP contribution in [0, 0.1) is 6.92 Å². The molecule has 0 radical (unpaired) electrons. The minimum absolute atomic E-state index is 0.348. The lowest BCUT2D eigenvalue weighted by Crippen LogP contribution is -2.52. The summed E-state index contributed by atoms with van der Waals surface area (Å²) >= 11 is 6.35. The van der Waals surface area contributed by atoms with Gasteiger partial charge >= 0.3 is 0 Å². The molecule has 1 aliphatic heterocycles. The lowest BCUT2D eigenvalue weighted by Gasteiger charge is -2.42. The molecule has 6 heteroatoms. The van der Waals surface area contributed by atoms with E-state index in [0.29, 0.717) is 11.1 Å². The number of piperazine rings is 1. The monoisotopic (exact) mass is 493 g/mol. The van der Waals surface area contributed by atoms with Crippen molar-refractivity contribution >= 4 is 34.1 Å². The SMILES string of the molecule is Cc1cccc(N2CCN(c3ncnc4c3c(-c3ccccc3)cn4-c3cccc(Cl)c3)C[C@@H]2C)c1. The summed E-state index contributed by atoms with van der Waals surface area (Å²) in [6, 6.07) is 27.5. The highest BCUT2D eigenvalue weighted by molar-refractivity contribution is 6.30. The third-order valence-corrected chi connectivity index (χ3v) is 7.23. The average Bonchev–Trinajstić information content (AvgIpc) is 3.29. The lowest BCUT2D eigenvalue weighted by molar-refractivity contribution is 0.548. The summed E-state index contributed by atoms with van der Waals surface area (Å²) in [7, 11) is 0. The summed E-state index contributed by atoms with van der Waals surface area (Å²) in [4.78, 5) is 14.5. The van der Waals surface area contributed by atoms with Crippen LogP contribution in [-0.4, -0.2) is 40.2 Å². The average molecular weight is 494 g/mol. The van der Waals surface area contributed by atoms with Crippen molar-refractivity contribution in [3.63, 3.8) is 0 Å². The Bertz CT molecular complexity index is 1530. The van der Waals surface area contributed by atoms with Crippen molar-refractivity contribution < 1.29 is 0 Å². The first kappa shape index (κ1) is 22.6. The molecule has 0 saturated carbocycles. The third-order valence-electron chi connectivity index (χ3n) is 6.99. The zero-order valence-corrected chi connectivity index (χ0v) is 21.2. The maximum Gasteiger partial charge on any atom is 0.150 e. The standard InChI is InChI=1S/C30H28ClN5/c1-21-8-6-12-25(16-21)35-15-14-34(18-22(35)2)29-28-27(23-9-4-3-5-10-23)19-36(30(28)33-20-32-29)26-13-7-11-24(31)17-26/h3-13,16-17,19-20,22H,14-15,18H2,1-2H3/t22-/m0/s1. The normalized spacial score (nSPS) is 16.0. The van der Waals surface area contributed by atoms with E-state index in [9.17, 15) is 0 Å². The minimum atomic E-state index is 0.348. The van der Waals surface area contributed by atoms with Crippen LogP contribution in [0.5, 0.6) is 0 Å². The molecule has 180 valence electrons. The zero-order chi connectivity index (χ0) is 24.6. The molecule has 0 bridgehead atoms. The molecule has 6 rings (SSSR count). The summed E-state index contributed by atoms with van der Waals surface area (Å²) < 4.78 is 2.13. The summed E-state index contributed by atoms with van der Waals surface area (Å²) in [6.07, 6.45) is 3.85. The summed E-state index contributed by atoms with van der Waals surface area (Å²) in [5.74, 6) is 0.982. The Balaban J connectivity index is 1.45. The Morgan fingerprint density at radius 1 is 0.861 bits per heavy atom. The fourth-order valence-electron chi connectivity index (χ4n) is 5.29. The molecule has 5 nitrogen and oxygen atoms in total.